The number of hydrogen-bond acceptors (Lipinski definition) is 4. The van der Waals surface area contributed by atoms with Crippen molar-refractivity contribution in [1.82, 2.24) is 0 Å². The van der Waals surface area contributed by atoms with Gasteiger partial charge in [0.25, 0.3) is 5.69 Å². The summed E-state index contributed by atoms with van der Waals surface area (Å²) >= 11 is 0. The summed E-state index contributed by atoms with van der Waals surface area (Å²) < 4.78 is 18.7. The van der Waals surface area contributed by atoms with Crippen LogP contribution in [-0.2, 0) is 0 Å². The molecule has 2 aliphatic rings. The Labute approximate surface area is 144 Å². The van der Waals surface area contributed by atoms with Crippen molar-refractivity contribution in [2.24, 2.45) is 5.92 Å². The quantitative estimate of drug-likeness (QED) is 0.505. The Morgan fingerprint density at radius 2 is 2.04 bits per heavy atom. The molecule has 0 radical (unpaired) electrons. The van der Waals surface area contributed by atoms with Crippen LogP contribution in [0.2, 0.25) is 0 Å². The molecule has 0 aromatic heterocycles. The largest absolute Gasteiger partial charge is 0.494 e. The van der Waals surface area contributed by atoms with E-state index in [4.69, 9.17) is 4.74 Å². The molecule has 128 valence electrons. The Morgan fingerprint density at radius 1 is 1.28 bits per heavy atom. The summed E-state index contributed by atoms with van der Waals surface area (Å²) in [4.78, 5) is 10.8. The number of hydrogen-bond donors (Lipinski definition) is 1. The number of ether oxygens (including phenoxy) is 1. The maximum atomic E-state index is 13.3. The third kappa shape index (κ3) is 2.54. The average molecular weight is 340 g/mol. The SMILES string of the molecule is COc1cc([N+](=O)[O-])cc2c1N[C@@H](c1ccc(F)cc1)[C@H]1CC=C[C@@H]21. The lowest BCUT2D eigenvalue weighted by molar-refractivity contribution is -0.385. The van der Waals surface area contributed by atoms with Gasteiger partial charge in [-0.2, -0.15) is 0 Å². The van der Waals surface area contributed by atoms with Crippen LogP contribution >= 0.6 is 0 Å². The lowest BCUT2D eigenvalue weighted by atomic mass is 9.76. The second-order valence-electron chi connectivity index (χ2n) is 6.40. The molecule has 6 heteroatoms. The second kappa shape index (κ2) is 5.88. The first-order valence-corrected chi connectivity index (χ1v) is 8.13. The van der Waals surface area contributed by atoms with Gasteiger partial charge in [0.2, 0.25) is 0 Å². The van der Waals surface area contributed by atoms with Crippen LogP contribution in [0.1, 0.15) is 29.5 Å². The summed E-state index contributed by atoms with van der Waals surface area (Å²) in [6.07, 6.45) is 5.07. The van der Waals surface area contributed by atoms with Gasteiger partial charge in [-0.3, -0.25) is 10.1 Å². The predicted octanol–water partition coefficient (Wildman–Crippen LogP) is 4.57. The molecule has 5 nitrogen and oxygen atoms in total. The van der Waals surface area contributed by atoms with Gasteiger partial charge in [-0.1, -0.05) is 24.3 Å². The molecule has 1 aliphatic heterocycles. The van der Waals surface area contributed by atoms with Crippen LogP contribution in [0.15, 0.2) is 48.6 Å². The molecule has 0 spiro atoms. The van der Waals surface area contributed by atoms with Crippen LogP contribution in [0.3, 0.4) is 0 Å². The van der Waals surface area contributed by atoms with Gasteiger partial charge >= 0.3 is 0 Å². The number of halogens is 1. The van der Waals surface area contributed by atoms with Crippen molar-refractivity contribution in [3.05, 3.63) is 75.6 Å². The molecule has 4 rings (SSSR count). The molecule has 2 aromatic carbocycles. The van der Waals surface area contributed by atoms with Gasteiger partial charge in [-0.25, -0.2) is 4.39 Å². The lowest BCUT2D eigenvalue weighted by Crippen LogP contribution is -2.29. The molecular formula is C19H17FN2O3. The highest BCUT2D eigenvalue weighted by Crippen LogP contribution is 2.53. The van der Waals surface area contributed by atoms with Crippen molar-refractivity contribution in [2.45, 2.75) is 18.4 Å². The van der Waals surface area contributed by atoms with Crippen LogP contribution in [0.4, 0.5) is 15.8 Å². The monoisotopic (exact) mass is 340 g/mol. The van der Waals surface area contributed by atoms with Gasteiger partial charge in [0, 0.05) is 12.0 Å². The van der Waals surface area contributed by atoms with Crippen LogP contribution in [0.5, 0.6) is 5.75 Å². The molecule has 0 amide bonds. The van der Waals surface area contributed by atoms with Gasteiger partial charge in [0.1, 0.15) is 11.6 Å². The van der Waals surface area contributed by atoms with E-state index in [0.29, 0.717) is 5.75 Å². The summed E-state index contributed by atoms with van der Waals surface area (Å²) in [5, 5.41) is 14.7. The summed E-state index contributed by atoms with van der Waals surface area (Å²) in [6.45, 7) is 0. The molecule has 3 atom stereocenters. The number of nitro groups is 1. The van der Waals surface area contributed by atoms with E-state index in [0.717, 1.165) is 23.2 Å². The Balaban J connectivity index is 1.84. The highest BCUT2D eigenvalue weighted by Gasteiger charge is 2.40. The Bertz CT molecular complexity index is 864. The minimum atomic E-state index is -0.400. The number of fused-ring (bicyclic) bond motifs is 3. The first-order valence-electron chi connectivity index (χ1n) is 8.13. The summed E-state index contributed by atoms with van der Waals surface area (Å²) in [5.41, 5.74) is 2.67. The Morgan fingerprint density at radius 3 is 2.72 bits per heavy atom. The van der Waals surface area contributed by atoms with Crippen LogP contribution in [-0.4, -0.2) is 12.0 Å². The molecule has 0 bridgehead atoms. The molecule has 0 unspecified atom stereocenters. The van der Waals surface area contributed by atoms with Crippen molar-refractivity contribution in [3.8, 4) is 5.75 Å². The molecule has 2 aromatic rings. The minimum absolute atomic E-state index is 0.0107. The third-order valence-corrected chi connectivity index (χ3v) is 5.08. The van der Waals surface area contributed by atoms with E-state index >= 15 is 0 Å². The van der Waals surface area contributed by atoms with E-state index in [1.807, 2.05) is 0 Å². The van der Waals surface area contributed by atoms with E-state index in [2.05, 4.69) is 17.5 Å². The number of benzene rings is 2. The van der Waals surface area contributed by atoms with Crippen molar-refractivity contribution >= 4 is 11.4 Å². The zero-order valence-electron chi connectivity index (χ0n) is 13.6. The molecular weight excluding hydrogens is 323 g/mol. The van der Waals surface area contributed by atoms with Gasteiger partial charge in [-0.05, 0) is 35.6 Å². The molecule has 1 heterocycles. The predicted molar refractivity (Wildman–Crippen MR) is 92.4 cm³/mol. The Hall–Kier alpha value is -2.89. The topological polar surface area (TPSA) is 64.4 Å². The summed E-state index contributed by atoms with van der Waals surface area (Å²) in [5.74, 6) is 0.481. The molecule has 0 saturated heterocycles. The van der Waals surface area contributed by atoms with E-state index in [-0.39, 0.29) is 29.4 Å². The smallest absolute Gasteiger partial charge is 0.273 e. The van der Waals surface area contributed by atoms with Crippen molar-refractivity contribution < 1.29 is 14.1 Å². The van der Waals surface area contributed by atoms with Crippen LogP contribution < -0.4 is 10.1 Å². The number of nitro benzene ring substituents is 1. The number of methoxy groups -OCH3 is 1. The normalized spacial score (nSPS) is 23.5. The molecule has 25 heavy (non-hydrogen) atoms. The van der Waals surface area contributed by atoms with Crippen LogP contribution in [0.25, 0.3) is 0 Å². The summed E-state index contributed by atoms with van der Waals surface area (Å²) in [6, 6.07) is 9.53. The zero-order valence-corrected chi connectivity index (χ0v) is 13.6. The van der Waals surface area contributed by atoms with Crippen molar-refractivity contribution in [1.29, 1.82) is 0 Å². The fraction of sp³-hybridized carbons (Fsp3) is 0.263. The van der Waals surface area contributed by atoms with Gasteiger partial charge in [-0.15, -0.1) is 0 Å². The number of rotatable bonds is 3. The first kappa shape index (κ1) is 15.6. The van der Waals surface area contributed by atoms with E-state index in [1.165, 1.54) is 25.3 Å². The number of nitrogens with zero attached hydrogens (tertiary/aromatic N) is 1. The number of non-ortho nitro benzene ring substituents is 1. The number of allylic oxidation sites excluding steroid dienone is 2. The molecule has 0 saturated carbocycles. The molecule has 1 N–H and O–H groups in total. The molecule has 0 fully saturated rings. The van der Waals surface area contributed by atoms with E-state index in [1.54, 1.807) is 18.2 Å². The number of nitrogens with one attached hydrogen (secondary N) is 1. The average Bonchev–Trinajstić information content (AvgIpc) is 3.10. The van der Waals surface area contributed by atoms with Gasteiger partial charge in [0.15, 0.2) is 0 Å². The second-order valence-corrected chi connectivity index (χ2v) is 6.40. The maximum Gasteiger partial charge on any atom is 0.273 e. The van der Waals surface area contributed by atoms with Gasteiger partial charge in [0.05, 0.1) is 29.8 Å². The number of anilines is 1. The van der Waals surface area contributed by atoms with Crippen molar-refractivity contribution in [2.75, 3.05) is 12.4 Å². The fourth-order valence-corrected chi connectivity index (χ4v) is 3.92. The highest BCUT2D eigenvalue weighted by atomic mass is 19.1. The standard InChI is InChI=1S/C19H17FN2O3/c1-25-17-10-13(22(23)24)9-16-14-3-2-4-15(14)18(21-19(16)17)11-5-7-12(20)8-6-11/h2-3,5-10,14-15,18,21H,4H2,1H3/t14-,15+,18+/m1/s1. The summed E-state index contributed by atoms with van der Waals surface area (Å²) in [7, 11) is 1.50. The highest BCUT2D eigenvalue weighted by molar-refractivity contribution is 5.71. The van der Waals surface area contributed by atoms with E-state index < -0.39 is 4.92 Å². The Kier molecular flexibility index (Phi) is 3.67. The molecule has 1 aliphatic carbocycles. The van der Waals surface area contributed by atoms with Crippen molar-refractivity contribution in [3.63, 3.8) is 0 Å². The lowest BCUT2D eigenvalue weighted by Gasteiger charge is -2.38. The zero-order chi connectivity index (χ0) is 17.6. The third-order valence-electron chi connectivity index (χ3n) is 5.08. The van der Waals surface area contributed by atoms with Gasteiger partial charge < -0.3 is 10.1 Å². The van der Waals surface area contributed by atoms with Crippen LogP contribution in [0, 0.1) is 21.8 Å². The fourth-order valence-electron chi connectivity index (χ4n) is 3.92. The first-order chi connectivity index (χ1) is 12.1. The maximum absolute atomic E-state index is 13.3. The van der Waals surface area contributed by atoms with E-state index in [9.17, 15) is 14.5 Å². The minimum Gasteiger partial charge on any atom is -0.494 e.